The van der Waals surface area contributed by atoms with Crippen LogP contribution in [0.4, 0.5) is 13.2 Å². The number of hydrogen-bond donors (Lipinski definition) is 1. The summed E-state index contributed by atoms with van der Waals surface area (Å²) in [6.45, 7) is 0.266. The Bertz CT molecular complexity index is 406. The molecule has 0 aromatic heterocycles. The largest absolute Gasteiger partial charge is 0.480 e. The van der Waals surface area contributed by atoms with Crippen LogP contribution < -0.4 is 0 Å². The third-order valence-corrected chi connectivity index (χ3v) is 2.75. The van der Waals surface area contributed by atoms with Crippen molar-refractivity contribution in [3.63, 3.8) is 0 Å². The van der Waals surface area contributed by atoms with Crippen molar-refractivity contribution in [2.75, 3.05) is 13.6 Å². The summed E-state index contributed by atoms with van der Waals surface area (Å²) in [5.74, 6) is -0.943. The monoisotopic (exact) mass is 279 g/mol. The van der Waals surface area contributed by atoms with Gasteiger partial charge in [-0.25, -0.2) is 0 Å². The molecular weight excluding hydrogens is 267 g/mol. The van der Waals surface area contributed by atoms with E-state index >= 15 is 0 Å². The summed E-state index contributed by atoms with van der Waals surface area (Å²) < 4.78 is 36.3. The number of aliphatic carboxylic acids is 1. The highest BCUT2D eigenvalue weighted by atomic mass is 32.2. The van der Waals surface area contributed by atoms with Crippen molar-refractivity contribution in [2.24, 2.45) is 0 Å². The van der Waals surface area contributed by atoms with Crippen LogP contribution in [0.5, 0.6) is 0 Å². The molecule has 18 heavy (non-hydrogen) atoms. The van der Waals surface area contributed by atoms with Gasteiger partial charge in [-0.1, -0.05) is 12.1 Å². The van der Waals surface area contributed by atoms with Gasteiger partial charge in [-0.3, -0.25) is 9.69 Å². The second kappa shape index (κ2) is 6.10. The van der Waals surface area contributed by atoms with Crippen LogP contribution in [-0.4, -0.2) is 35.1 Å². The van der Waals surface area contributed by atoms with Crippen LogP contribution in [-0.2, 0) is 11.3 Å². The van der Waals surface area contributed by atoms with Gasteiger partial charge in [0.05, 0.1) is 6.54 Å². The fourth-order valence-electron chi connectivity index (χ4n) is 1.40. The molecule has 0 fully saturated rings. The first kappa shape index (κ1) is 14.8. The van der Waals surface area contributed by atoms with Gasteiger partial charge in [0.2, 0.25) is 0 Å². The summed E-state index contributed by atoms with van der Waals surface area (Å²) in [6, 6.07) is 5.88. The van der Waals surface area contributed by atoms with Crippen LogP contribution >= 0.6 is 11.8 Å². The average Bonchev–Trinajstić information content (AvgIpc) is 2.17. The number of hydrogen-bond acceptors (Lipinski definition) is 3. The van der Waals surface area contributed by atoms with Crippen molar-refractivity contribution in [3.05, 3.63) is 29.8 Å². The fraction of sp³-hybridized carbons (Fsp3) is 0.364. The SMILES string of the molecule is CN(CC(=O)O)Cc1ccc(SC(F)(F)F)cc1. The molecule has 0 amide bonds. The molecule has 0 radical (unpaired) electrons. The first-order chi connectivity index (χ1) is 8.26. The van der Waals surface area contributed by atoms with E-state index in [1.54, 1.807) is 24.1 Å². The van der Waals surface area contributed by atoms with E-state index in [1.165, 1.54) is 12.1 Å². The van der Waals surface area contributed by atoms with Crippen LogP contribution in [0.3, 0.4) is 0 Å². The number of likely N-dealkylation sites (N-methyl/N-ethyl adjacent to an activating group) is 1. The number of carbonyl (C=O) groups is 1. The van der Waals surface area contributed by atoms with E-state index in [9.17, 15) is 18.0 Å². The summed E-state index contributed by atoms with van der Waals surface area (Å²) in [7, 11) is 1.63. The number of halogens is 3. The molecule has 0 aliphatic carbocycles. The van der Waals surface area contributed by atoms with Crippen LogP contribution in [0.25, 0.3) is 0 Å². The topological polar surface area (TPSA) is 40.5 Å². The molecule has 0 unspecified atom stereocenters. The zero-order valence-electron chi connectivity index (χ0n) is 9.57. The quantitative estimate of drug-likeness (QED) is 0.841. The van der Waals surface area contributed by atoms with Gasteiger partial charge < -0.3 is 5.11 Å². The van der Waals surface area contributed by atoms with E-state index in [0.29, 0.717) is 6.54 Å². The molecule has 3 nitrogen and oxygen atoms in total. The van der Waals surface area contributed by atoms with Gasteiger partial charge in [0.15, 0.2) is 0 Å². The molecule has 1 rings (SSSR count). The molecule has 0 saturated carbocycles. The first-order valence-corrected chi connectivity index (χ1v) is 5.83. The third-order valence-electron chi connectivity index (χ3n) is 2.01. The first-order valence-electron chi connectivity index (χ1n) is 5.01. The third kappa shape index (κ3) is 5.92. The van der Waals surface area contributed by atoms with Crippen molar-refractivity contribution in [1.82, 2.24) is 4.90 Å². The maximum absolute atomic E-state index is 12.1. The zero-order valence-corrected chi connectivity index (χ0v) is 10.4. The second-order valence-electron chi connectivity index (χ2n) is 3.76. The van der Waals surface area contributed by atoms with Gasteiger partial charge in [-0.2, -0.15) is 13.2 Å². The number of alkyl halides is 3. The number of rotatable bonds is 5. The van der Waals surface area contributed by atoms with Gasteiger partial charge in [-0.05, 0) is 36.5 Å². The van der Waals surface area contributed by atoms with E-state index in [0.717, 1.165) is 5.56 Å². The van der Waals surface area contributed by atoms with E-state index in [2.05, 4.69) is 0 Å². The molecule has 0 heterocycles. The van der Waals surface area contributed by atoms with E-state index < -0.39 is 11.5 Å². The molecular formula is C11H12F3NO2S. The minimum absolute atomic E-state index is 0.112. The van der Waals surface area contributed by atoms with Gasteiger partial charge in [0.1, 0.15) is 0 Å². The van der Waals surface area contributed by atoms with Crippen LogP contribution in [0.2, 0.25) is 0 Å². The Labute approximate surface area is 107 Å². The summed E-state index contributed by atoms with van der Waals surface area (Å²) >= 11 is -0.169. The van der Waals surface area contributed by atoms with Crippen molar-refractivity contribution >= 4 is 17.7 Å². The highest BCUT2D eigenvalue weighted by Crippen LogP contribution is 2.36. The summed E-state index contributed by atoms with van der Waals surface area (Å²) in [6.07, 6.45) is 0. The molecule has 0 bridgehead atoms. The van der Waals surface area contributed by atoms with Crippen molar-refractivity contribution in [1.29, 1.82) is 0 Å². The maximum atomic E-state index is 12.1. The molecule has 7 heteroatoms. The minimum atomic E-state index is -4.29. The maximum Gasteiger partial charge on any atom is 0.446 e. The molecule has 0 saturated heterocycles. The number of carboxylic acids is 1. The van der Waals surface area contributed by atoms with Gasteiger partial charge in [0, 0.05) is 11.4 Å². The van der Waals surface area contributed by atoms with Crippen molar-refractivity contribution in [3.8, 4) is 0 Å². The van der Waals surface area contributed by atoms with E-state index in [4.69, 9.17) is 5.11 Å². The Morgan fingerprint density at radius 1 is 1.33 bits per heavy atom. The van der Waals surface area contributed by atoms with Crippen molar-refractivity contribution < 1.29 is 23.1 Å². The van der Waals surface area contributed by atoms with Crippen LogP contribution in [0.1, 0.15) is 5.56 Å². The predicted molar refractivity (Wildman–Crippen MR) is 62.3 cm³/mol. The van der Waals surface area contributed by atoms with E-state index in [-0.39, 0.29) is 23.2 Å². The molecule has 0 aliphatic rings. The Morgan fingerprint density at radius 2 is 1.89 bits per heavy atom. The Hall–Kier alpha value is -1.21. The molecule has 0 spiro atoms. The second-order valence-corrected chi connectivity index (χ2v) is 4.90. The number of nitrogens with zero attached hydrogens (tertiary/aromatic N) is 1. The van der Waals surface area contributed by atoms with Crippen LogP contribution in [0.15, 0.2) is 29.2 Å². The normalized spacial score (nSPS) is 11.8. The molecule has 100 valence electrons. The molecule has 0 atom stereocenters. The van der Waals surface area contributed by atoms with Gasteiger partial charge in [0.25, 0.3) is 0 Å². The predicted octanol–water partition coefficient (Wildman–Crippen LogP) is 2.81. The standard InChI is InChI=1S/C11H12F3NO2S/c1-15(7-10(16)17)6-8-2-4-9(5-3-8)18-11(12,13)14/h2-5H,6-7H2,1H3,(H,16,17). The summed E-state index contributed by atoms with van der Waals surface area (Å²) in [5.41, 5.74) is -3.52. The molecule has 0 aliphatic heterocycles. The Morgan fingerprint density at radius 3 is 2.33 bits per heavy atom. The van der Waals surface area contributed by atoms with E-state index in [1.807, 2.05) is 0 Å². The highest BCUT2D eigenvalue weighted by Gasteiger charge is 2.28. The Kier molecular flexibility index (Phi) is 5.03. The summed E-state index contributed by atoms with van der Waals surface area (Å²) in [5, 5.41) is 8.56. The van der Waals surface area contributed by atoms with Gasteiger partial charge >= 0.3 is 11.5 Å². The fourth-order valence-corrected chi connectivity index (χ4v) is 1.93. The average molecular weight is 279 g/mol. The molecule has 1 aromatic rings. The number of thioether (sulfide) groups is 1. The Balaban J connectivity index is 2.57. The number of benzene rings is 1. The lowest BCUT2D eigenvalue weighted by molar-refractivity contribution is -0.138. The molecule has 1 aromatic carbocycles. The lowest BCUT2D eigenvalue weighted by Crippen LogP contribution is -2.25. The lowest BCUT2D eigenvalue weighted by atomic mass is 10.2. The summed E-state index contributed by atoms with van der Waals surface area (Å²) in [4.78, 5) is 12.1. The zero-order chi connectivity index (χ0) is 13.8. The smallest absolute Gasteiger partial charge is 0.446 e. The van der Waals surface area contributed by atoms with Crippen LogP contribution in [0, 0.1) is 0 Å². The molecule has 1 N–H and O–H groups in total. The van der Waals surface area contributed by atoms with Gasteiger partial charge in [-0.15, -0.1) is 0 Å². The lowest BCUT2D eigenvalue weighted by Gasteiger charge is -2.14. The number of carboxylic acid groups (broad SMARTS) is 1. The highest BCUT2D eigenvalue weighted by molar-refractivity contribution is 8.00. The minimum Gasteiger partial charge on any atom is -0.480 e. The van der Waals surface area contributed by atoms with Crippen molar-refractivity contribution in [2.45, 2.75) is 16.9 Å².